The predicted octanol–water partition coefficient (Wildman–Crippen LogP) is 3.99. The normalized spacial score (nSPS) is 50.9. The van der Waals surface area contributed by atoms with Crippen molar-refractivity contribution in [3.05, 3.63) is 35.9 Å². The first-order valence-electron chi connectivity index (χ1n) is 8.30. The fraction of sp³-hybridized carbons (Fsp3) is 0.667. The maximum Gasteiger partial charge on any atom is 0.227 e. The lowest BCUT2D eigenvalue weighted by Crippen LogP contribution is -2.58. The molecular formula is C18H22O3. The number of ether oxygens (including phenoxy) is 1. The smallest absolute Gasteiger partial charge is 0.227 e. The minimum atomic E-state index is -0.767. The molecule has 4 bridgehead atoms. The molecule has 1 aliphatic heterocycles. The highest BCUT2D eigenvalue weighted by Gasteiger charge is 2.66. The maximum absolute atomic E-state index is 6.55. The van der Waals surface area contributed by atoms with Crippen molar-refractivity contribution in [2.45, 2.75) is 50.6 Å². The molecule has 5 fully saturated rings. The van der Waals surface area contributed by atoms with Crippen molar-refractivity contribution in [2.24, 2.45) is 23.7 Å². The van der Waals surface area contributed by atoms with E-state index in [0.29, 0.717) is 11.8 Å². The molecule has 0 amide bonds. The third-order valence-corrected chi connectivity index (χ3v) is 6.26. The molecule has 3 nitrogen and oxygen atoms in total. The monoisotopic (exact) mass is 286 g/mol. The molecular weight excluding hydrogens is 264 g/mol. The van der Waals surface area contributed by atoms with Crippen LogP contribution >= 0.6 is 0 Å². The first-order chi connectivity index (χ1) is 10.2. The highest BCUT2D eigenvalue weighted by molar-refractivity contribution is 5.20. The minimum absolute atomic E-state index is 0.488. The number of hydrogen-bond donors (Lipinski definition) is 0. The topological polar surface area (TPSA) is 27.7 Å². The lowest BCUT2D eigenvalue weighted by atomic mass is 9.53. The van der Waals surface area contributed by atoms with E-state index in [9.17, 15) is 0 Å². The first-order valence-corrected chi connectivity index (χ1v) is 8.30. The highest BCUT2D eigenvalue weighted by atomic mass is 17.3. The van der Waals surface area contributed by atoms with Crippen LogP contribution in [0, 0.1) is 23.7 Å². The van der Waals surface area contributed by atoms with E-state index in [4.69, 9.17) is 14.5 Å². The quantitative estimate of drug-likeness (QED) is 0.731. The molecule has 1 aromatic rings. The fourth-order valence-corrected chi connectivity index (χ4v) is 5.47. The summed E-state index contributed by atoms with van der Waals surface area (Å²) in [4.78, 5) is 11.7. The second-order valence-corrected chi connectivity index (χ2v) is 7.61. The molecule has 5 aliphatic rings. The SMILES string of the molecule is C[C@@]1(c2ccccc2)OOC2(O1)C1CC3CC(C1)CC2C3. The van der Waals surface area contributed by atoms with E-state index >= 15 is 0 Å². The summed E-state index contributed by atoms with van der Waals surface area (Å²) in [7, 11) is 0. The zero-order valence-electron chi connectivity index (χ0n) is 12.5. The zero-order valence-corrected chi connectivity index (χ0v) is 12.5. The predicted molar refractivity (Wildman–Crippen MR) is 76.8 cm³/mol. The number of benzene rings is 1. The van der Waals surface area contributed by atoms with Crippen molar-refractivity contribution < 1.29 is 14.5 Å². The van der Waals surface area contributed by atoms with Gasteiger partial charge in [-0.1, -0.05) is 30.3 Å². The maximum atomic E-state index is 6.55. The summed E-state index contributed by atoms with van der Waals surface area (Å²) in [5.74, 6) is 1.57. The van der Waals surface area contributed by atoms with Crippen LogP contribution in [0.3, 0.4) is 0 Å². The summed E-state index contributed by atoms with van der Waals surface area (Å²) >= 11 is 0. The van der Waals surface area contributed by atoms with Crippen molar-refractivity contribution in [2.75, 3.05) is 0 Å². The lowest BCUT2D eigenvalue weighted by molar-refractivity contribution is -0.389. The summed E-state index contributed by atoms with van der Waals surface area (Å²) in [6.45, 7) is 1.99. The van der Waals surface area contributed by atoms with Crippen molar-refractivity contribution in [3.8, 4) is 0 Å². The van der Waals surface area contributed by atoms with Crippen LogP contribution in [-0.4, -0.2) is 5.79 Å². The van der Waals surface area contributed by atoms with E-state index in [2.05, 4.69) is 12.1 Å². The molecule has 4 aliphatic carbocycles. The standard InChI is InChI=1S/C18H22O3/c1-17(14-5-3-2-4-6-14)19-18(21-20-17)15-8-12-7-13(10-15)11-16(18)9-12/h2-6,12-13,15-16H,7-11H2,1H3/t12?,13?,15?,16?,17-,18?/m0/s1. The average Bonchev–Trinajstić information content (AvgIpc) is 2.86. The highest BCUT2D eigenvalue weighted by Crippen LogP contribution is 2.63. The number of rotatable bonds is 1. The van der Waals surface area contributed by atoms with E-state index in [1.807, 2.05) is 25.1 Å². The van der Waals surface area contributed by atoms with E-state index in [1.165, 1.54) is 32.1 Å². The molecule has 0 unspecified atom stereocenters. The van der Waals surface area contributed by atoms with Gasteiger partial charge in [-0.15, -0.1) is 0 Å². The van der Waals surface area contributed by atoms with Gasteiger partial charge in [0.1, 0.15) is 0 Å². The van der Waals surface area contributed by atoms with Crippen molar-refractivity contribution in [1.29, 1.82) is 0 Å². The molecule has 1 saturated heterocycles. The Morgan fingerprint density at radius 2 is 1.48 bits per heavy atom. The van der Waals surface area contributed by atoms with Crippen LogP contribution in [-0.2, 0) is 20.3 Å². The van der Waals surface area contributed by atoms with Crippen LogP contribution in [0.25, 0.3) is 0 Å². The Hall–Kier alpha value is -0.900. The molecule has 6 rings (SSSR count). The van der Waals surface area contributed by atoms with Gasteiger partial charge < -0.3 is 4.74 Å². The van der Waals surface area contributed by atoms with Gasteiger partial charge in [-0.3, -0.25) is 0 Å². The Kier molecular flexibility index (Phi) is 2.46. The molecule has 0 aromatic heterocycles. The third-order valence-electron chi connectivity index (χ3n) is 6.26. The van der Waals surface area contributed by atoms with Crippen molar-refractivity contribution in [1.82, 2.24) is 0 Å². The van der Waals surface area contributed by atoms with Crippen LogP contribution in [0.5, 0.6) is 0 Å². The minimum Gasteiger partial charge on any atom is -0.308 e. The van der Waals surface area contributed by atoms with Gasteiger partial charge in [0.25, 0.3) is 0 Å². The molecule has 4 saturated carbocycles. The molecule has 3 heteroatoms. The van der Waals surface area contributed by atoms with Gasteiger partial charge in [-0.25, -0.2) is 0 Å². The molecule has 1 atom stereocenters. The summed E-state index contributed by atoms with van der Waals surface area (Å²) in [6, 6.07) is 10.2. The zero-order chi connectivity index (χ0) is 14.1. The molecule has 21 heavy (non-hydrogen) atoms. The van der Waals surface area contributed by atoms with Crippen LogP contribution in [0.1, 0.15) is 44.6 Å². The summed E-state index contributed by atoms with van der Waals surface area (Å²) < 4.78 is 6.55. The summed E-state index contributed by atoms with van der Waals surface area (Å²) in [5.41, 5.74) is 1.04. The molecule has 1 spiro atoms. The molecule has 1 heterocycles. The van der Waals surface area contributed by atoms with Gasteiger partial charge in [0, 0.05) is 17.4 Å². The summed E-state index contributed by atoms with van der Waals surface area (Å²) in [5, 5.41) is 0. The molecule has 112 valence electrons. The average molecular weight is 286 g/mol. The van der Waals surface area contributed by atoms with Crippen molar-refractivity contribution >= 4 is 0 Å². The largest absolute Gasteiger partial charge is 0.308 e. The van der Waals surface area contributed by atoms with Crippen molar-refractivity contribution in [3.63, 3.8) is 0 Å². The van der Waals surface area contributed by atoms with Gasteiger partial charge in [-0.05, 0) is 50.9 Å². The second-order valence-electron chi connectivity index (χ2n) is 7.61. The van der Waals surface area contributed by atoms with E-state index in [0.717, 1.165) is 17.4 Å². The number of hydrogen-bond acceptors (Lipinski definition) is 3. The van der Waals surface area contributed by atoms with Crippen LogP contribution in [0.2, 0.25) is 0 Å². The first kappa shape index (κ1) is 12.6. The Bertz CT molecular complexity index is 527. The van der Waals surface area contributed by atoms with Gasteiger partial charge in [0.2, 0.25) is 11.6 Å². The Morgan fingerprint density at radius 3 is 2.10 bits per heavy atom. The second kappa shape index (κ2) is 4.09. The van der Waals surface area contributed by atoms with Crippen LogP contribution < -0.4 is 0 Å². The van der Waals surface area contributed by atoms with Gasteiger partial charge in [-0.2, -0.15) is 9.78 Å². The van der Waals surface area contributed by atoms with E-state index in [-0.39, 0.29) is 0 Å². The molecule has 1 aromatic carbocycles. The van der Waals surface area contributed by atoms with Gasteiger partial charge in [0.15, 0.2) is 0 Å². The molecule has 0 N–H and O–H groups in total. The lowest BCUT2D eigenvalue weighted by Gasteiger charge is -2.57. The third kappa shape index (κ3) is 1.65. The van der Waals surface area contributed by atoms with Crippen LogP contribution in [0.4, 0.5) is 0 Å². The Labute approximate surface area is 125 Å². The van der Waals surface area contributed by atoms with Gasteiger partial charge in [0.05, 0.1) is 0 Å². The molecule has 0 radical (unpaired) electrons. The van der Waals surface area contributed by atoms with Crippen LogP contribution in [0.15, 0.2) is 30.3 Å². The Morgan fingerprint density at radius 1 is 0.857 bits per heavy atom. The van der Waals surface area contributed by atoms with E-state index in [1.54, 1.807) is 0 Å². The summed E-state index contributed by atoms with van der Waals surface area (Å²) in [6.07, 6.45) is 6.44. The van der Waals surface area contributed by atoms with E-state index < -0.39 is 11.6 Å². The van der Waals surface area contributed by atoms with Gasteiger partial charge >= 0.3 is 0 Å². The fourth-order valence-electron chi connectivity index (χ4n) is 5.47. The Balaban J connectivity index is 1.50.